The van der Waals surface area contributed by atoms with Gasteiger partial charge < -0.3 is 10.1 Å². The smallest absolute Gasteiger partial charge is 0.168 e. The summed E-state index contributed by atoms with van der Waals surface area (Å²) < 4.78 is 5.31. The zero-order valence-electron chi connectivity index (χ0n) is 9.65. The molecule has 3 unspecified atom stereocenters. The summed E-state index contributed by atoms with van der Waals surface area (Å²) in [5.41, 5.74) is 0. The number of aromatic nitrogens is 1. The molecule has 0 saturated heterocycles. The Labute approximate surface area is 96.2 Å². The summed E-state index contributed by atoms with van der Waals surface area (Å²) in [6, 6.07) is 4.48. The Morgan fingerprint density at radius 3 is 3.00 bits per heavy atom. The lowest BCUT2D eigenvalue weighted by atomic mass is 9.95. The number of ether oxygens (including phenoxy) is 1. The minimum atomic E-state index is 0.613. The molecule has 2 saturated carbocycles. The molecule has 0 radical (unpaired) electrons. The monoisotopic (exact) mass is 218 g/mol. The van der Waals surface area contributed by atoms with Gasteiger partial charge in [-0.2, -0.15) is 0 Å². The van der Waals surface area contributed by atoms with Gasteiger partial charge in [-0.1, -0.05) is 6.42 Å². The van der Waals surface area contributed by atoms with E-state index in [1.807, 2.05) is 18.3 Å². The zero-order chi connectivity index (χ0) is 11.0. The molecule has 3 heteroatoms. The van der Waals surface area contributed by atoms with Crippen molar-refractivity contribution in [1.82, 2.24) is 4.98 Å². The number of hydrogen-bond donors (Lipinski definition) is 1. The second-order valence-electron chi connectivity index (χ2n) is 4.98. The van der Waals surface area contributed by atoms with Gasteiger partial charge in [-0.05, 0) is 43.2 Å². The Kier molecular flexibility index (Phi) is 2.46. The second-order valence-corrected chi connectivity index (χ2v) is 4.98. The van der Waals surface area contributed by atoms with Gasteiger partial charge in [0, 0.05) is 12.2 Å². The third kappa shape index (κ3) is 1.64. The van der Waals surface area contributed by atoms with Crippen molar-refractivity contribution in [3.05, 3.63) is 18.3 Å². The molecular formula is C13H18N2O. The van der Waals surface area contributed by atoms with E-state index in [2.05, 4.69) is 10.3 Å². The quantitative estimate of drug-likeness (QED) is 0.847. The highest BCUT2D eigenvalue weighted by Crippen LogP contribution is 2.45. The van der Waals surface area contributed by atoms with Crippen molar-refractivity contribution in [3.63, 3.8) is 0 Å². The Balaban J connectivity index is 1.74. The molecule has 0 aliphatic heterocycles. The molecule has 2 aliphatic carbocycles. The van der Waals surface area contributed by atoms with Crippen molar-refractivity contribution in [2.24, 2.45) is 11.8 Å². The molecule has 3 rings (SSSR count). The van der Waals surface area contributed by atoms with E-state index in [4.69, 9.17) is 4.74 Å². The molecule has 2 bridgehead atoms. The fraction of sp³-hybridized carbons (Fsp3) is 0.615. The number of pyridine rings is 1. The molecule has 86 valence electrons. The number of anilines is 1. The Morgan fingerprint density at radius 1 is 1.38 bits per heavy atom. The van der Waals surface area contributed by atoms with Crippen molar-refractivity contribution < 1.29 is 4.74 Å². The number of hydrogen-bond acceptors (Lipinski definition) is 3. The lowest BCUT2D eigenvalue weighted by Crippen LogP contribution is -2.26. The highest BCUT2D eigenvalue weighted by Gasteiger charge is 2.39. The average Bonchev–Trinajstić information content (AvgIpc) is 2.92. The lowest BCUT2D eigenvalue weighted by Gasteiger charge is -2.24. The van der Waals surface area contributed by atoms with Gasteiger partial charge in [0.2, 0.25) is 0 Å². The minimum absolute atomic E-state index is 0.613. The molecule has 1 N–H and O–H groups in total. The Morgan fingerprint density at radius 2 is 2.31 bits per heavy atom. The summed E-state index contributed by atoms with van der Waals surface area (Å²) in [5.74, 6) is 3.57. The fourth-order valence-electron chi connectivity index (χ4n) is 3.26. The van der Waals surface area contributed by atoms with Gasteiger partial charge in [-0.25, -0.2) is 4.98 Å². The van der Waals surface area contributed by atoms with E-state index in [1.165, 1.54) is 25.7 Å². The molecular weight excluding hydrogens is 200 g/mol. The molecule has 2 aliphatic rings. The van der Waals surface area contributed by atoms with Gasteiger partial charge in [-0.15, -0.1) is 0 Å². The van der Waals surface area contributed by atoms with Gasteiger partial charge in [0.15, 0.2) is 11.6 Å². The van der Waals surface area contributed by atoms with Crippen LogP contribution in [0.5, 0.6) is 5.75 Å². The van der Waals surface area contributed by atoms with Crippen molar-refractivity contribution in [2.75, 3.05) is 12.4 Å². The SMILES string of the molecule is COc1cccnc1NC1CC2CCC1C2. The Bertz CT molecular complexity index is 380. The second kappa shape index (κ2) is 3.96. The van der Waals surface area contributed by atoms with Crippen LogP contribution in [0.25, 0.3) is 0 Å². The molecule has 0 spiro atoms. The first-order chi connectivity index (χ1) is 7.86. The topological polar surface area (TPSA) is 34.1 Å². The van der Waals surface area contributed by atoms with Crippen molar-refractivity contribution in [2.45, 2.75) is 31.7 Å². The molecule has 16 heavy (non-hydrogen) atoms. The van der Waals surface area contributed by atoms with E-state index in [9.17, 15) is 0 Å². The van der Waals surface area contributed by atoms with E-state index >= 15 is 0 Å². The van der Waals surface area contributed by atoms with Crippen LogP contribution in [0.4, 0.5) is 5.82 Å². The standard InChI is InChI=1S/C13H18N2O/c1-16-12-3-2-6-14-13(12)15-11-8-9-4-5-10(11)7-9/h2-3,6,9-11H,4-5,7-8H2,1H3,(H,14,15). The van der Waals surface area contributed by atoms with E-state index < -0.39 is 0 Å². The molecule has 0 amide bonds. The molecule has 2 fully saturated rings. The summed E-state index contributed by atoms with van der Waals surface area (Å²) in [6.45, 7) is 0. The summed E-state index contributed by atoms with van der Waals surface area (Å²) in [6.07, 6.45) is 7.36. The molecule has 1 heterocycles. The number of nitrogens with one attached hydrogen (secondary N) is 1. The average molecular weight is 218 g/mol. The van der Waals surface area contributed by atoms with Gasteiger partial charge >= 0.3 is 0 Å². The fourth-order valence-corrected chi connectivity index (χ4v) is 3.26. The van der Waals surface area contributed by atoms with Crippen LogP contribution in [0.3, 0.4) is 0 Å². The van der Waals surface area contributed by atoms with Gasteiger partial charge in [0.1, 0.15) is 0 Å². The first-order valence-corrected chi connectivity index (χ1v) is 6.12. The van der Waals surface area contributed by atoms with Crippen LogP contribution in [-0.2, 0) is 0 Å². The van der Waals surface area contributed by atoms with Gasteiger partial charge in [-0.3, -0.25) is 0 Å². The molecule has 3 atom stereocenters. The van der Waals surface area contributed by atoms with E-state index in [-0.39, 0.29) is 0 Å². The largest absolute Gasteiger partial charge is 0.493 e. The predicted octanol–water partition coefficient (Wildman–Crippen LogP) is 2.69. The number of nitrogens with zero attached hydrogens (tertiary/aromatic N) is 1. The highest BCUT2D eigenvalue weighted by molar-refractivity contribution is 5.50. The third-order valence-electron chi connectivity index (χ3n) is 4.05. The van der Waals surface area contributed by atoms with Crippen LogP contribution in [-0.4, -0.2) is 18.1 Å². The minimum Gasteiger partial charge on any atom is -0.493 e. The highest BCUT2D eigenvalue weighted by atomic mass is 16.5. The third-order valence-corrected chi connectivity index (χ3v) is 4.05. The maximum Gasteiger partial charge on any atom is 0.168 e. The summed E-state index contributed by atoms with van der Waals surface area (Å²) >= 11 is 0. The first-order valence-electron chi connectivity index (χ1n) is 6.12. The zero-order valence-corrected chi connectivity index (χ0v) is 9.65. The van der Waals surface area contributed by atoms with Crippen molar-refractivity contribution in [1.29, 1.82) is 0 Å². The molecule has 1 aromatic heterocycles. The van der Waals surface area contributed by atoms with E-state index in [0.717, 1.165) is 23.4 Å². The maximum atomic E-state index is 5.31. The summed E-state index contributed by atoms with van der Waals surface area (Å²) in [5, 5.41) is 3.56. The molecule has 0 aromatic carbocycles. The Hall–Kier alpha value is -1.25. The summed E-state index contributed by atoms with van der Waals surface area (Å²) in [4.78, 5) is 4.36. The van der Waals surface area contributed by atoms with Crippen LogP contribution in [0.1, 0.15) is 25.7 Å². The van der Waals surface area contributed by atoms with Crippen LogP contribution in [0.2, 0.25) is 0 Å². The van der Waals surface area contributed by atoms with E-state index in [1.54, 1.807) is 7.11 Å². The van der Waals surface area contributed by atoms with Crippen LogP contribution < -0.4 is 10.1 Å². The normalized spacial score (nSPS) is 31.7. The number of methoxy groups -OCH3 is 1. The predicted molar refractivity (Wildman–Crippen MR) is 63.6 cm³/mol. The van der Waals surface area contributed by atoms with Crippen LogP contribution in [0.15, 0.2) is 18.3 Å². The lowest BCUT2D eigenvalue weighted by molar-refractivity contribution is 0.408. The molecule has 3 nitrogen and oxygen atoms in total. The van der Waals surface area contributed by atoms with Gasteiger partial charge in [0.25, 0.3) is 0 Å². The van der Waals surface area contributed by atoms with Crippen molar-refractivity contribution in [3.8, 4) is 5.75 Å². The molecule has 1 aromatic rings. The number of fused-ring (bicyclic) bond motifs is 2. The first kappa shape index (κ1) is 9.94. The maximum absolute atomic E-state index is 5.31. The van der Waals surface area contributed by atoms with Crippen LogP contribution in [0, 0.1) is 11.8 Å². The number of rotatable bonds is 3. The van der Waals surface area contributed by atoms with Gasteiger partial charge in [0.05, 0.1) is 7.11 Å². The summed E-state index contributed by atoms with van der Waals surface area (Å²) in [7, 11) is 1.70. The van der Waals surface area contributed by atoms with Crippen LogP contribution >= 0.6 is 0 Å². The van der Waals surface area contributed by atoms with E-state index in [0.29, 0.717) is 6.04 Å². The van der Waals surface area contributed by atoms with Crippen molar-refractivity contribution >= 4 is 5.82 Å².